The van der Waals surface area contributed by atoms with Crippen molar-refractivity contribution in [2.24, 2.45) is 11.8 Å². The van der Waals surface area contributed by atoms with Crippen molar-refractivity contribution in [1.82, 2.24) is 20.2 Å². The molecule has 0 aliphatic carbocycles. The lowest BCUT2D eigenvalue weighted by Gasteiger charge is -2.19. The number of para-hydroxylation sites is 1. The Labute approximate surface area is 203 Å². The zero-order valence-electron chi connectivity index (χ0n) is 18.9. The van der Waals surface area contributed by atoms with Crippen LogP contribution in [0.15, 0.2) is 54.9 Å². The van der Waals surface area contributed by atoms with Crippen LogP contribution in [0.5, 0.6) is 0 Å². The molecule has 3 N–H and O–H groups in total. The van der Waals surface area contributed by atoms with Gasteiger partial charge in [-0.1, -0.05) is 18.2 Å². The van der Waals surface area contributed by atoms with Gasteiger partial charge in [0.15, 0.2) is 0 Å². The number of halogens is 3. The van der Waals surface area contributed by atoms with Crippen LogP contribution >= 0.6 is 0 Å². The molecule has 36 heavy (non-hydrogen) atoms. The first-order chi connectivity index (χ1) is 17.1. The molecule has 0 unspecified atom stereocenters. The molecule has 9 nitrogen and oxygen atoms in total. The fraction of sp³-hybridized carbons (Fsp3) is 0.333. The van der Waals surface area contributed by atoms with Crippen LogP contribution in [0.1, 0.15) is 20.8 Å². The molecule has 0 saturated carbocycles. The molecule has 2 aliphatic heterocycles. The van der Waals surface area contributed by atoms with Crippen LogP contribution in [-0.4, -0.2) is 76.3 Å². The van der Waals surface area contributed by atoms with Crippen molar-refractivity contribution in [1.29, 1.82) is 0 Å². The number of carboxylic acids is 1. The SMILES string of the molecule is O=C(NC[C@H]1CO[C@@H]2CN(C(=O)c3cc4ccccc4[nH]3)C[C@H]12)c1cccnc1.O=C(O)C(F)(F)F. The Bertz CT molecular complexity index is 1210. The molecule has 0 bridgehead atoms. The molecule has 12 heteroatoms. The second kappa shape index (κ2) is 10.4. The number of likely N-dealkylation sites (tertiary alicyclic amines) is 1. The highest BCUT2D eigenvalue weighted by atomic mass is 19.4. The Morgan fingerprint density at radius 1 is 1.17 bits per heavy atom. The molecule has 2 fully saturated rings. The number of carbonyl (C=O) groups excluding carboxylic acids is 2. The summed E-state index contributed by atoms with van der Waals surface area (Å²) in [6.07, 6.45) is -1.85. The lowest BCUT2D eigenvalue weighted by atomic mass is 9.93. The van der Waals surface area contributed by atoms with E-state index in [0.717, 1.165) is 10.9 Å². The lowest BCUT2D eigenvalue weighted by molar-refractivity contribution is -0.192. The summed E-state index contributed by atoms with van der Waals surface area (Å²) < 4.78 is 37.7. The molecular formula is C24H23F3N4O5. The number of benzene rings is 1. The van der Waals surface area contributed by atoms with Gasteiger partial charge in [-0.25, -0.2) is 4.79 Å². The van der Waals surface area contributed by atoms with E-state index in [1.807, 2.05) is 35.2 Å². The molecule has 1 aromatic carbocycles. The number of carbonyl (C=O) groups is 3. The van der Waals surface area contributed by atoms with Gasteiger partial charge in [0.05, 0.1) is 18.3 Å². The van der Waals surface area contributed by atoms with Gasteiger partial charge in [-0.3, -0.25) is 14.6 Å². The molecule has 2 amide bonds. The number of hydrogen-bond acceptors (Lipinski definition) is 5. The van der Waals surface area contributed by atoms with Gasteiger partial charge in [-0.05, 0) is 24.3 Å². The summed E-state index contributed by atoms with van der Waals surface area (Å²) in [7, 11) is 0. The van der Waals surface area contributed by atoms with Crippen LogP contribution in [0.4, 0.5) is 13.2 Å². The van der Waals surface area contributed by atoms with E-state index in [2.05, 4.69) is 15.3 Å². The maximum Gasteiger partial charge on any atom is 0.490 e. The molecular weight excluding hydrogens is 481 g/mol. The van der Waals surface area contributed by atoms with Crippen molar-refractivity contribution in [2.45, 2.75) is 12.3 Å². The first kappa shape index (κ1) is 25.2. The smallest absolute Gasteiger partial charge is 0.475 e. The standard InChI is InChI=1S/C22H22N4O3.C2HF3O2/c27-21(15-5-3-7-23-9-15)24-10-16-13-29-20-12-26(11-17(16)20)22(28)19-8-14-4-1-2-6-18(14)25-19;3-2(4,5)1(6)7/h1-9,16-17,20,25H,10-13H2,(H,24,27);(H,6,7)/t16-,17+,20+;/m0./s1. The van der Waals surface area contributed by atoms with Crippen molar-refractivity contribution in [3.05, 3.63) is 66.1 Å². The molecule has 3 atom stereocenters. The van der Waals surface area contributed by atoms with Crippen LogP contribution in [-0.2, 0) is 9.53 Å². The molecule has 0 spiro atoms. The van der Waals surface area contributed by atoms with Gasteiger partial charge >= 0.3 is 12.1 Å². The van der Waals surface area contributed by atoms with Crippen LogP contribution in [0.2, 0.25) is 0 Å². The summed E-state index contributed by atoms with van der Waals surface area (Å²) in [4.78, 5) is 43.2. The third-order valence-corrected chi connectivity index (χ3v) is 6.18. The highest BCUT2D eigenvalue weighted by molar-refractivity contribution is 5.98. The predicted molar refractivity (Wildman–Crippen MR) is 121 cm³/mol. The van der Waals surface area contributed by atoms with Gasteiger partial charge in [0.1, 0.15) is 5.69 Å². The van der Waals surface area contributed by atoms with Crippen LogP contribution in [0, 0.1) is 11.8 Å². The van der Waals surface area contributed by atoms with Crippen molar-refractivity contribution in [2.75, 3.05) is 26.2 Å². The molecule has 2 saturated heterocycles. The minimum absolute atomic E-state index is 0.00246. The zero-order chi connectivity index (χ0) is 25.9. The van der Waals surface area contributed by atoms with Gasteiger partial charge in [-0.15, -0.1) is 0 Å². The average Bonchev–Trinajstić information content (AvgIpc) is 3.57. The van der Waals surface area contributed by atoms with Crippen molar-refractivity contribution in [3.63, 3.8) is 0 Å². The molecule has 0 radical (unpaired) electrons. The number of amides is 2. The third kappa shape index (κ3) is 5.65. The number of rotatable bonds is 4. The predicted octanol–water partition coefficient (Wildman–Crippen LogP) is 2.71. The number of ether oxygens (including phenoxy) is 1. The summed E-state index contributed by atoms with van der Waals surface area (Å²) >= 11 is 0. The van der Waals surface area contributed by atoms with Gasteiger partial charge in [0.2, 0.25) is 0 Å². The normalized spacial score (nSPS) is 21.0. The lowest BCUT2D eigenvalue weighted by Crippen LogP contribution is -2.35. The van der Waals surface area contributed by atoms with E-state index < -0.39 is 12.1 Å². The molecule has 5 rings (SSSR count). The number of alkyl halides is 3. The summed E-state index contributed by atoms with van der Waals surface area (Å²) in [5.74, 6) is -2.46. The third-order valence-electron chi connectivity index (χ3n) is 6.18. The van der Waals surface area contributed by atoms with Crippen molar-refractivity contribution >= 4 is 28.7 Å². The summed E-state index contributed by atoms with van der Waals surface area (Å²) in [6, 6.07) is 13.3. The second-order valence-electron chi connectivity index (χ2n) is 8.53. The van der Waals surface area contributed by atoms with Crippen LogP contribution in [0.3, 0.4) is 0 Å². The summed E-state index contributed by atoms with van der Waals surface area (Å²) in [6.45, 7) is 2.37. The quantitative estimate of drug-likeness (QED) is 0.502. The minimum atomic E-state index is -5.08. The zero-order valence-corrected chi connectivity index (χ0v) is 18.9. The number of carboxylic acid groups (broad SMARTS) is 1. The summed E-state index contributed by atoms with van der Waals surface area (Å²) in [5.41, 5.74) is 2.11. The molecule has 4 heterocycles. The van der Waals surface area contributed by atoms with E-state index in [0.29, 0.717) is 37.5 Å². The fourth-order valence-corrected chi connectivity index (χ4v) is 4.36. The van der Waals surface area contributed by atoms with Crippen molar-refractivity contribution < 1.29 is 37.4 Å². The van der Waals surface area contributed by atoms with E-state index in [-0.39, 0.29) is 29.8 Å². The highest BCUT2D eigenvalue weighted by Crippen LogP contribution is 2.34. The molecule has 2 aromatic heterocycles. The largest absolute Gasteiger partial charge is 0.490 e. The fourth-order valence-electron chi connectivity index (χ4n) is 4.36. The van der Waals surface area contributed by atoms with Gasteiger partial charge in [0.25, 0.3) is 11.8 Å². The first-order valence-corrected chi connectivity index (χ1v) is 11.1. The maximum atomic E-state index is 13.0. The summed E-state index contributed by atoms with van der Waals surface area (Å²) in [5, 5.41) is 11.1. The maximum absolute atomic E-state index is 13.0. The molecule has 3 aromatic rings. The van der Waals surface area contributed by atoms with Gasteiger partial charge in [0, 0.05) is 54.8 Å². The number of H-pyrrole nitrogens is 1. The first-order valence-electron chi connectivity index (χ1n) is 11.1. The van der Waals surface area contributed by atoms with E-state index in [1.54, 1.807) is 24.5 Å². The van der Waals surface area contributed by atoms with E-state index >= 15 is 0 Å². The highest BCUT2D eigenvalue weighted by Gasteiger charge is 2.45. The van der Waals surface area contributed by atoms with E-state index in [9.17, 15) is 22.8 Å². The number of nitrogens with zero attached hydrogens (tertiary/aromatic N) is 2. The molecule has 2 aliphatic rings. The average molecular weight is 504 g/mol. The number of fused-ring (bicyclic) bond motifs is 2. The minimum Gasteiger partial charge on any atom is -0.475 e. The van der Waals surface area contributed by atoms with E-state index in [4.69, 9.17) is 14.6 Å². The Morgan fingerprint density at radius 3 is 2.58 bits per heavy atom. The number of hydrogen-bond donors (Lipinski definition) is 3. The number of aliphatic carboxylic acids is 1. The number of nitrogens with one attached hydrogen (secondary N) is 2. The Balaban J connectivity index is 0.000000384. The monoisotopic (exact) mass is 504 g/mol. The Kier molecular flexibility index (Phi) is 7.25. The topological polar surface area (TPSA) is 125 Å². The van der Waals surface area contributed by atoms with Crippen LogP contribution in [0.25, 0.3) is 10.9 Å². The van der Waals surface area contributed by atoms with Gasteiger partial charge < -0.3 is 25.0 Å². The number of aromatic nitrogens is 2. The van der Waals surface area contributed by atoms with Gasteiger partial charge in [-0.2, -0.15) is 13.2 Å². The van der Waals surface area contributed by atoms with Crippen molar-refractivity contribution in [3.8, 4) is 0 Å². The van der Waals surface area contributed by atoms with Crippen LogP contribution < -0.4 is 5.32 Å². The Morgan fingerprint density at radius 2 is 1.92 bits per heavy atom. The Hall–Kier alpha value is -3.93. The van der Waals surface area contributed by atoms with E-state index in [1.165, 1.54) is 0 Å². The molecule has 190 valence electrons. The number of aromatic amines is 1. The second-order valence-corrected chi connectivity index (χ2v) is 8.53. The number of pyridine rings is 1.